The van der Waals surface area contributed by atoms with E-state index >= 15 is 0 Å². The first-order valence-electron chi connectivity index (χ1n) is 2.37. The van der Waals surface area contributed by atoms with Crippen LogP contribution < -0.4 is 5.73 Å². The van der Waals surface area contributed by atoms with Crippen molar-refractivity contribution < 1.29 is 4.79 Å². The van der Waals surface area contributed by atoms with Gasteiger partial charge in [-0.2, -0.15) is 5.26 Å². The highest BCUT2D eigenvalue weighted by molar-refractivity contribution is 5.78. The number of hydrogen-bond donors (Lipinski definition) is 0. The third-order valence-electron chi connectivity index (χ3n) is 0.881. The van der Waals surface area contributed by atoms with Crippen LogP contribution in [0.5, 0.6) is 0 Å². The summed E-state index contributed by atoms with van der Waals surface area (Å²) in [5, 5.41) is 8.11. The van der Waals surface area contributed by atoms with Gasteiger partial charge >= 0.3 is 0 Å². The van der Waals surface area contributed by atoms with Crippen LogP contribution in [0.2, 0.25) is 0 Å². The second-order valence-corrected chi connectivity index (χ2v) is 1.45. The molecule has 0 aromatic heterocycles. The fourth-order valence-corrected chi connectivity index (χ4v) is 0.335. The lowest BCUT2D eigenvalue weighted by Crippen LogP contribution is -2.11. The molecule has 1 N–H and O–H groups in total. The van der Waals surface area contributed by atoms with Crippen LogP contribution in [0.3, 0.4) is 0 Å². The molecule has 0 heterocycles. The van der Waals surface area contributed by atoms with Crippen molar-refractivity contribution in [2.75, 3.05) is 0 Å². The monoisotopic (exact) mass is 111 g/mol. The van der Waals surface area contributed by atoms with E-state index in [9.17, 15) is 4.79 Å². The molecular weight excluding hydrogens is 104 g/mol. The van der Waals surface area contributed by atoms with Crippen LogP contribution in [0.1, 0.15) is 13.3 Å². The van der Waals surface area contributed by atoms with Gasteiger partial charge in [-0.25, -0.2) is 0 Å². The third-order valence-corrected chi connectivity index (χ3v) is 0.881. The lowest BCUT2D eigenvalue weighted by atomic mass is 10.1. The molecule has 0 aliphatic rings. The van der Waals surface area contributed by atoms with Crippen molar-refractivity contribution in [1.29, 1.82) is 5.26 Å². The standard InChI is InChI=1S/C5H7N2O/c1-2-4(3-6)5(7)8/h4,7H,2H2,1H3. The fraction of sp³-hybridized carbons (Fsp3) is 0.600. The van der Waals surface area contributed by atoms with E-state index < -0.39 is 11.8 Å². The van der Waals surface area contributed by atoms with Crippen molar-refractivity contribution in [3.63, 3.8) is 0 Å². The summed E-state index contributed by atoms with van der Waals surface area (Å²) in [5.41, 5.74) is 6.47. The molecule has 0 saturated heterocycles. The second-order valence-electron chi connectivity index (χ2n) is 1.45. The van der Waals surface area contributed by atoms with Gasteiger partial charge in [0.1, 0.15) is 5.92 Å². The summed E-state index contributed by atoms with van der Waals surface area (Å²) in [7, 11) is 0. The number of carbonyl (C=O) groups is 1. The molecule has 43 valence electrons. The average molecular weight is 111 g/mol. The van der Waals surface area contributed by atoms with Crippen LogP contribution in [0.4, 0.5) is 0 Å². The topological polar surface area (TPSA) is 64.7 Å². The summed E-state index contributed by atoms with van der Waals surface area (Å²) in [6, 6.07) is 1.71. The highest BCUT2D eigenvalue weighted by Crippen LogP contribution is 1.97. The fourth-order valence-electron chi connectivity index (χ4n) is 0.335. The predicted molar refractivity (Wildman–Crippen MR) is 27.5 cm³/mol. The van der Waals surface area contributed by atoms with Crippen molar-refractivity contribution in [2.24, 2.45) is 5.92 Å². The lowest BCUT2D eigenvalue weighted by molar-refractivity contribution is -0.120. The molecule has 0 fully saturated rings. The summed E-state index contributed by atoms with van der Waals surface area (Å²) in [5.74, 6) is -1.50. The first-order chi connectivity index (χ1) is 3.72. The van der Waals surface area contributed by atoms with Crippen LogP contribution >= 0.6 is 0 Å². The Hall–Kier alpha value is -1.04. The second kappa shape index (κ2) is 3.03. The van der Waals surface area contributed by atoms with E-state index in [-0.39, 0.29) is 0 Å². The molecule has 1 atom stereocenters. The van der Waals surface area contributed by atoms with Crippen LogP contribution in [-0.2, 0) is 4.79 Å². The number of hydrogen-bond acceptors (Lipinski definition) is 2. The Morgan fingerprint density at radius 3 is 2.50 bits per heavy atom. The minimum Gasteiger partial charge on any atom is -0.272 e. The molecular formula is C5H7N2O. The third kappa shape index (κ3) is 1.61. The normalized spacial score (nSPS) is 12.0. The van der Waals surface area contributed by atoms with Crippen LogP contribution in [0, 0.1) is 17.2 Å². The van der Waals surface area contributed by atoms with Gasteiger partial charge in [-0.05, 0) is 6.42 Å². The maximum Gasteiger partial charge on any atom is 0.255 e. The molecule has 8 heavy (non-hydrogen) atoms. The van der Waals surface area contributed by atoms with Crippen molar-refractivity contribution in [1.82, 2.24) is 5.73 Å². The number of nitriles is 1. The largest absolute Gasteiger partial charge is 0.272 e. The molecule has 1 radical (unpaired) electrons. The van der Waals surface area contributed by atoms with E-state index in [2.05, 4.69) is 0 Å². The average Bonchev–Trinajstić information content (AvgIpc) is 1.69. The van der Waals surface area contributed by atoms with Crippen molar-refractivity contribution in [3.05, 3.63) is 0 Å². The van der Waals surface area contributed by atoms with E-state index in [0.717, 1.165) is 0 Å². The molecule has 0 spiro atoms. The summed E-state index contributed by atoms with van der Waals surface area (Å²) < 4.78 is 0. The molecule has 1 amide bonds. The molecule has 0 aromatic carbocycles. The van der Waals surface area contributed by atoms with Gasteiger partial charge in [0.05, 0.1) is 6.07 Å². The first kappa shape index (κ1) is 6.96. The zero-order chi connectivity index (χ0) is 6.57. The highest BCUT2D eigenvalue weighted by Gasteiger charge is 2.10. The molecule has 0 saturated carbocycles. The maximum absolute atomic E-state index is 10.1. The van der Waals surface area contributed by atoms with E-state index in [4.69, 9.17) is 11.0 Å². The molecule has 0 rings (SSSR count). The van der Waals surface area contributed by atoms with E-state index in [1.54, 1.807) is 13.0 Å². The summed E-state index contributed by atoms with van der Waals surface area (Å²) >= 11 is 0. The Morgan fingerprint density at radius 1 is 2.00 bits per heavy atom. The molecule has 3 nitrogen and oxygen atoms in total. The molecule has 3 heteroatoms. The van der Waals surface area contributed by atoms with E-state index in [1.165, 1.54) is 0 Å². The van der Waals surface area contributed by atoms with Gasteiger partial charge in [-0.1, -0.05) is 6.92 Å². The number of amides is 1. The summed E-state index contributed by atoms with van der Waals surface area (Å²) in [6.07, 6.45) is 0.443. The minimum absolute atomic E-state index is 0.443. The van der Waals surface area contributed by atoms with Crippen molar-refractivity contribution >= 4 is 5.91 Å². The Balaban J connectivity index is 3.76. The Kier molecular flexibility index (Phi) is 2.63. The zero-order valence-corrected chi connectivity index (χ0v) is 4.64. The smallest absolute Gasteiger partial charge is 0.255 e. The van der Waals surface area contributed by atoms with Gasteiger partial charge in [-0.15, -0.1) is 0 Å². The number of nitrogens with one attached hydrogen (secondary N) is 1. The Morgan fingerprint density at radius 2 is 2.50 bits per heavy atom. The van der Waals surface area contributed by atoms with E-state index in [1.807, 2.05) is 0 Å². The van der Waals surface area contributed by atoms with Gasteiger partial charge < -0.3 is 0 Å². The van der Waals surface area contributed by atoms with Gasteiger partial charge in [0, 0.05) is 0 Å². The molecule has 0 bridgehead atoms. The maximum atomic E-state index is 10.1. The summed E-state index contributed by atoms with van der Waals surface area (Å²) in [6.45, 7) is 1.71. The van der Waals surface area contributed by atoms with Gasteiger partial charge in [0.15, 0.2) is 0 Å². The number of rotatable bonds is 2. The molecule has 0 aromatic rings. The summed E-state index contributed by atoms with van der Waals surface area (Å²) in [4.78, 5) is 10.1. The van der Waals surface area contributed by atoms with Gasteiger partial charge in [-0.3, -0.25) is 10.5 Å². The van der Waals surface area contributed by atoms with Crippen LogP contribution in [0.25, 0.3) is 0 Å². The zero-order valence-electron chi connectivity index (χ0n) is 4.64. The quantitative estimate of drug-likeness (QED) is 0.516. The molecule has 0 aliphatic heterocycles. The Bertz CT molecular complexity index is 125. The first-order valence-corrected chi connectivity index (χ1v) is 2.37. The van der Waals surface area contributed by atoms with E-state index in [0.29, 0.717) is 6.42 Å². The Labute approximate surface area is 48.1 Å². The molecule has 1 unspecified atom stereocenters. The van der Waals surface area contributed by atoms with Crippen LogP contribution in [0.15, 0.2) is 0 Å². The van der Waals surface area contributed by atoms with Crippen LogP contribution in [-0.4, -0.2) is 5.91 Å². The minimum atomic E-state index is -0.782. The lowest BCUT2D eigenvalue weighted by Gasteiger charge is -1.93. The highest BCUT2D eigenvalue weighted by atomic mass is 16.1. The van der Waals surface area contributed by atoms with Crippen molar-refractivity contribution in [3.8, 4) is 6.07 Å². The SMILES string of the molecule is CCC(C#N)C([NH])=O. The molecule has 0 aliphatic carbocycles. The van der Waals surface area contributed by atoms with Crippen molar-refractivity contribution in [2.45, 2.75) is 13.3 Å². The van der Waals surface area contributed by atoms with Gasteiger partial charge in [0.2, 0.25) is 0 Å². The number of nitrogens with zero attached hydrogens (tertiary/aromatic N) is 1. The number of carbonyl (C=O) groups excluding carboxylic acids is 1. The van der Waals surface area contributed by atoms with Gasteiger partial charge in [0.25, 0.3) is 5.91 Å². The predicted octanol–water partition coefficient (Wildman–Crippen LogP) is 0.346.